The van der Waals surface area contributed by atoms with Gasteiger partial charge in [-0.05, 0) is 39.8 Å². The van der Waals surface area contributed by atoms with Crippen molar-refractivity contribution in [2.45, 2.75) is 39.7 Å². The largest absolute Gasteiger partial charge is 0.357 e. The molecule has 0 aliphatic rings. The van der Waals surface area contributed by atoms with Crippen LogP contribution in [0.5, 0.6) is 0 Å². The molecule has 22 heavy (non-hydrogen) atoms. The average Bonchev–Trinajstić information content (AvgIpc) is 2.81. The molecule has 0 radical (unpaired) electrons. The minimum atomic E-state index is -0.0113. The highest BCUT2D eigenvalue weighted by atomic mass is 127. The third-order valence-electron chi connectivity index (χ3n) is 2.83. The number of pyridine rings is 1. The number of nitrogens with zero attached hydrogens (tertiary/aromatic N) is 4. The Morgan fingerprint density at radius 2 is 2.05 bits per heavy atom. The predicted octanol–water partition coefficient (Wildman–Crippen LogP) is 2.24. The molecule has 0 saturated heterocycles. The summed E-state index contributed by atoms with van der Waals surface area (Å²) < 4.78 is 2.00. The van der Waals surface area contributed by atoms with Gasteiger partial charge in [-0.25, -0.2) is 0 Å². The molecule has 2 aromatic heterocycles. The summed E-state index contributed by atoms with van der Waals surface area (Å²) in [5.74, 6) is 1.76. The van der Waals surface area contributed by atoms with Crippen molar-refractivity contribution in [1.82, 2.24) is 25.2 Å². The molecule has 2 rings (SSSR count). The maximum atomic E-state index is 4.59. The van der Waals surface area contributed by atoms with Gasteiger partial charge in [0.05, 0.1) is 0 Å². The summed E-state index contributed by atoms with van der Waals surface area (Å²) in [6, 6.07) is 5.89. The number of hydrogen-bond acceptors (Lipinski definition) is 3. The molecule has 0 saturated carbocycles. The summed E-state index contributed by atoms with van der Waals surface area (Å²) in [5.41, 5.74) is 0.860. The second-order valence-corrected chi connectivity index (χ2v) is 5.93. The number of aromatic nitrogens is 3. The van der Waals surface area contributed by atoms with E-state index in [9.17, 15) is 0 Å². The van der Waals surface area contributed by atoms with E-state index in [1.807, 2.05) is 28.8 Å². The van der Waals surface area contributed by atoms with Crippen LogP contribution < -0.4 is 10.6 Å². The van der Waals surface area contributed by atoms with Crippen molar-refractivity contribution >= 4 is 35.6 Å². The highest BCUT2D eigenvalue weighted by Gasteiger charge is 2.11. The Balaban J connectivity index is 0.00000242. The van der Waals surface area contributed by atoms with Crippen LogP contribution in [0.4, 0.5) is 0 Å². The molecule has 0 aliphatic heterocycles. The van der Waals surface area contributed by atoms with Crippen LogP contribution in [0.1, 0.15) is 33.5 Å². The van der Waals surface area contributed by atoms with Crippen LogP contribution in [0.2, 0.25) is 0 Å². The number of halogens is 1. The zero-order chi connectivity index (χ0) is 15.3. The number of guanidine groups is 1. The maximum absolute atomic E-state index is 4.59. The van der Waals surface area contributed by atoms with E-state index >= 15 is 0 Å². The Labute approximate surface area is 148 Å². The lowest BCUT2D eigenvalue weighted by Crippen LogP contribution is -2.47. The fourth-order valence-corrected chi connectivity index (χ4v) is 1.99. The first-order valence-electron chi connectivity index (χ1n) is 7.35. The zero-order valence-electron chi connectivity index (χ0n) is 13.6. The maximum Gasteiger partial charge on any atom is 0.191 e. The van der Waals surface area contributed by atoms with Crippen molar-refractivity contribution in [2.75, 3.05) is 13.1 Å². The van der Waals surface area contributed by atoms with Gasteiger partial charge in [0.15, 0.2) is 11.6 Å². The second kappa shape index (κ2) is 8.30. The van der Waals surface area contributed by atoms with E-state index in [2.05, 4.69) is 53.5 Å². The Bertz CT molecular complexity index is 614. The molecule has 0 unspecified atom stereocenters. The van der Waals surface area contributed by atoms with Crippen LogP contribution in [0.25, 0.3) is 5.65 Å². The molecule has 0 aromatic carbocycles. The van der Waals surface area contributed by atoms with Gasteiger partial charge in [-0.2, -0.15) is 0 Å². The number of rotatable bonds is 4. The fourth-order valence-electron chi connectivity index (χ4n) is 1.99. The monoisotopic (exact) mass is 416 g/mol. The molecular formula is C15H25IN6. The second-order valence-electron chi connectivity index (χ2n) is 5.93. The van der Waals surface area contributed by atoms with Crippen molar-refractivity contribution in [3.8, 4) is 0 Å². The van der Waals surface area contributed by atoms with Crippen LogP contribution in [0.3, 0.4) is 0 Å². The molecule has 0 amide bonds. The lowest BCUT2D eigenvalue weighted by Gasteiger charge is -2.23. The third-order valence-corrected chi connectivity index (χ3v) is 2.83. The molecule has 122 valence electrons. The number of hydrogen-bond donors (Lipinski definition) is 2. The topological polar surface area (TPSA) is 66.6 Å². The van der Waals surface area contributed by atoms with E-state index < -0.39 is 0 Å². The molecular weight excluding hydrogens is 391 g/mol. The van der Waals surface area contributed by atoms with Crippen molar-refractivity contribution in [2.24, 2.45) is 4.99 Å². The van der Waals surface area contributed by atoms with E-state index in [0.29, 0.717) is 6.54 Å². The Kier molecular flexibility index (Phi) is 7.05. The van der Waals surface area contributed by atoms with E-state index in [1.54, 1.807) is 0 Å². The lowest BCUT2D eigenvalue weighted by atomic mass is 10.1. The molecule has 0 aliphatic carbocycles. The van der Waals surface area contributed by atoms with Crippen molar-refractivity contribution < 1.29 is 0 Å². The molecule has 2 N–H and O–H groups in total. The quantitative estimate of drug-likeness (QED) is 0.456. The van der Waals surface area contributed by atoms with E-state index in [1.165, 1.54) is 0 Å². The van der Waals surface area contributed by atoms with Crippen LogP contribution >= 0.6 is 24.0 Å². The Hall–Kier alpha value is -1.38. The van der Waals surface area contributed by atoms with Gasteiger partial charge in [0.2, 0.25) is 0 Å². The van der Waals surface area contributed by atoms with Gasteiger partial charge in [0.25, 0.3) is 0 Å². The van der Waals surface area contributed by atoms with Gasteiger partial charge in [0, 0.05) is 31.2 Å². The van der Waals surface area contributed by atoms with Gasteiger partial charge in [-0.3, -0.25) is 9.39 Å². The van der Waals surface area contributed by atoms with Crippen LogP contribution in [-0.4, -0.2) is 39.2 Å². The number of fused-ring (bicyclic) bond motifs is 1. The predicted molar refractivity (Wildman–Crippen MR) is 101 cm³/mol. The number of nitrogens with one attached hydrogen (secondary N) is 2. The normalized spacial score (nSPS) is 12.1. The standard InChI is InChI=1S/C15H24N6.HI/c1-5-16-14(18-15(2,3)4)17-10-9-13-20-19-12-8-6-7-11-21(12)13;/h6-8,11H,5,9-10H2,1-4H3,(H2,16,17,18);1H. The van der Waals surface area contributed by atoms with Crippen molar-refractivity contribution in [3.63, 3.8) is 0 Å². The third kappa shape index (κ3) is 5.43. The summed E-state index contributed by atoms with van der Waals surface area (Å²) in [7, 11) is 0. The number of aliphatic imine (C=N–C) groups is 1. The summed E-state index contributed by atoms with van der Waals surface area (Å²) in [6.45, 7) is 9.92. The lowest BCUT2D eigenvalue weighted by molar-refractivity contribution is 0.501. The summed E-state index contributed by atoms with van der Waals surface area (Å²) in [5, 5.41) is 15.0. The molecule has 0 spiro atoms. The first-order chi connectivity index (χ1) is 9.99. The molecule has 6 nitrogen and oxygen atoms in total. The van der Waals surface area contributed by atoms with E-state index in [-0.39, 0.29) is 29.5 Å². The minimum absolute atomic E-state index is 0. The molecule has 0 atom stereocenters. The SMILES string of the molecule is CCNC(=NCCc1nnc2ccccn12)NC(C)(C)C.I. The van der Waals surface area contributed by atoms with Gasteiger partial charge in [0.1, 0.15) is 5.82 Å². The Morgan fingerprint density at radius 3 is 2.73 bits per heavy atom. The average molecular weight is 416 g/mol. The van der Waals surface area contributed by atoms with Gasteiger partial charge >= 0.3 is 0 Å². The minimum Gasteiger partial charge on any atom is -0.357 e. The molecule has 7 heteroatoms. The van der Waals surface area contributed by atoms with Crippen molar-refractivity contribution in [3.05, 3.63) is 30.2 Å². The smallest absolute Gasteiger partial charge is 0.191 e. The highest BCUT2D eigenvalue weighted by molar-refractivity contribution is 14.0. The van der Waals surface area contributed by atoms with E-state index in [0.717, 1.165) is 30.4 Å². The molecule has 2 aromatic rings. The molecule has 0 bridgehead atoms. The van der Waals surface area contributed by atoms with Gasteiger partial charge < -0.3 is 10.6 Å². The van der Waals surface area contributed by atoms with Crippen LogP contribution in [-0.2, 0) is 6.42 Å². The van der Waals surface area contributed by atoms with Crippen molar-refractivity contribution in [1.29, 1.82) is 0 Å². The molecule has 0 fully saturated rings. The fraction of sp³-hybridized carbons (Fsp3) is 0.533. The van der Waals surface area contributed by atoms with Crippen LogP contribution in [0, 0.1) is 0 Å². The first kappa shape index (κ1) is 18.7. The van der Waals surface area contributed by atoms with Gasteiger partial charge in [-0.1, -0.05) is 6.07 Å². The van der Waals surface area contributed by atoms with E-state index in [4.69, 9.17) is 0 Å². The van der Waals surface area contributed by atoms with Gasteiger partial charge in [-0.15, -0.1) is 34.2 Å². The highest BCUT2D eigenvalue weighted by Crippen LogP contribution is 2.03. The Morgan fingerprint density at radius 1 is 1.27 bits per heavy atom. The summed E-state index contributed by atoms with van der Waals surface area (Å²) >= 11 is 0. The summed E-state index contributed by atoms with van der Waals surface area (Å²) in [4.78, 5) is 4.59. The summed E-state index contributed by atoms with van der Waals surface area (Å²) in [6.07, 6.45) is 2.74. The zero-order valence-corrected chi connectivity index (χ0v) is 16.0. The first-order valence-corrected chi connectivity index (χ1v) is 7.35. The van der Waals surface area contributed by atoms with Crippen LogP contribution in [0.15, 0.2) is 29.4 Å². The molecule has 2 heterocycles.